The van der Waals surface area contributed by atoms with Crippen molar-refractivity contribution in [1.29, 1.82) is 0 Å². The standard InChI is InChI=1S/C50H57ClN10O5S2/c1-27(2)43(49(64)60-24-28(3)20-39(60)48(63)52-23-33-8-10-35(11-9-33)46-30(5)53-26-67-46)40-22-42(58-66-40)65-19-18-59-17-16-37(25-59)54-41(62)21-38-47-57-56-32(7)61(47)50-44(29(4)31(6)68-50)45(55-38)34-12-14-36(51)15-13-34/h8-15,22,26-28,37-39,43H,16-21,23-25H2,1-7H3,(H,52,63)(H,54,62)/t28-,37+,38+,39+,43-/m1/s1. The summed E-state index contributed by atoms with van der Waals surface area (Å²) in [5.74, 6) is 1.07. The Morgan fingerprint density at radius 3 is 2.50 bits per heavy atom. The SMILES string of the molecule is Cc1ncsc1-c1ccc(CNC(=O)[C@@H]2C[C@@H](C)CN2C(=O)[C@@H](c2cc(OCCN3CC[C@H](NC(=O)C[C@@H]4N=C(c5ccc(Cl)cc5)c5c(sc(C)c5C)-n5c(C)nnc54)C3)no2)C(C)C)cc1. The molecule has 2 saturated heterocycles. The van der Waals surface area contributed by atoms with E-state index in [0.29, 0.717) is 61.7 Å². The van der Waals surface area contributed by atoms with Crippen molar-refractivity contribution in [1.82, 2.24) is 45.3 Å². The summed E-state index contributed by atoms with van der Waals surface area (Å²) in [6.07, 6.45) is 1.49. The molecule has 0 saturated carbocycles. The predicted octanol–water partition coefficient (Wildman–Crippen LogP) is 8.17. The van der Waals surface area contributed by atoms with Crippen LogP contribution >= 0.6 is 34.3 Å². The fraction of sp³-hybridized carbons (Fsp3) is 0.440. The summed E-state index contributed by atoms with van der Waals surface area (Å²) >= 11 is 9.57. The Kier molecular flexibility index (Phi) is 14.0. The molecule has 5 atom stereocenters. The van der Waals surface area contributed by atoms with Gasteiger partial charge in [0.15, 0.2) is 11.6 Å². The Balaban J connectivity index is 0.776. The van der Waals surface area contributed by atoms with Gasteiger partial charge in [-0.15, -0.1) is 32.9 Å². The van der Waals surface area contributed by atoms with Crippen molar-refractivity contribution in [2.24, 2.45) is 16.8 Å². The molecule has 3 aliphatic rings. The Labute approximate surface area is 409 Å². The molecule has 68 heavy (non-hydrogen) atoms. The van der Waals surface area contributed by atoms with Crippen LogP contribution in [0, 0.1) is 39.5 Å². The summed E-state index contributed by atoms with van der Waals surface area (Å²) in [6.45, 7) is 17.4. The van der Waals surface area contributed by atoms with E-state index in [4.69, 9.17) is 25.9 Å². The van der Waals surface area contributed by atoms with E-state index in [1.165, 1.54) is 4.88 Å². The quantitative estimate of drug-likeness (QED) is 0.102. The molecule has 2 N–H and O–H groups in total. The van der Waals surface area contributed by atoms with Crippen LogP contribution in [0.1, 0.15) is 102 Å². The molecule has 9 rings (SSSR count). The van der Waals surface area contributed by atoms with Crippen LogP contribution < -0.4 is 15.4 Å². The first-order valence-corrected chi connectivity index (χ1v) is 25.3. The van der Waals surface area contributed by atoms with Gasteiger partial charge in [-0.1, -0.05) is 68.8 Å². The average molecular weight is 978 g/mol. The van der Waals surface area contributed by atoms with Crippen molar-refractivity contribution in [3.05, 3.63) is 115 Å². The van der Waals surface area contributed by atoms with Crippen LogP contribution in [-0.2, 0) is 20.9 Å². The summed E-state index contributed by atoms with van der Waals surface area (Å²) in [5, 5.41) is 21.1. The van der Waals surface area contributed by atoms with Crippen LogP contribution in [0.4, 0.5) is 0 Å². The van der Waals surface area contributed by atoms with Gasteiger partial charge in [0.25, 0.3) is 5.88 Å². The molecule has 7 heterocycles. The molecule has 2 fully saturated rings. The molecular weight excluding hydrogens is 920 g/mol. The van der Waals surface area contributed by atoms with Gasteiger partial charge in [0.1, 0.15) is 35.4 Å². The minimum absolute atomic E-state index is 0.0415. The second-order valence-electron chi connectivity index (χ2n) is 18.6. The third-order valence-corrected chi connectivity index (χ3v) is 15.7. The number of aromatic nitrogens is 5. The number of thiazole rings is 1. The Hall–Kier alpha value is -5.75. The second-order valence-corrected chi connectivity index (χ2v) is 21.1. The monoisotopic (exact) mass is 976 g/mol. The fourth-order valence-electron chi connectivity index (χ4n) is 9.63. The number of nitrogens with zero attached hydrogens (tertiary/aromatic N) is 8. The molecule has 0 unspecified atom stereocenters. The summed E-state index contributed by atoms with van der Waals surface area (Å²) in [7, 11) is 0. The van der Waals surface area contributed by atoms with E-state index < -0.39 is 18.0 Å². The van der Waals surface area contributed by atoms with E-state index in [2.05, 4.69) is 61.2 Å². The van der Waals surface area contributed by atoms with Crippen molar-refractivity contribution in [3.8, 4) is 21.3 Å². The molecule has 356 valence electrons. The van der Waals surface area contributed by atoms with Gasteiger partial charge >= 0.3 is 0 Å². The van der Waals surface area contributed by atoms with E-state index in [1.807, 2.05) is 81.7 Å². The molecule has 3 amide bonds. The zero-order valence-electron chi connectivity index (χ0n) is 39.4. The number of hydrogen-bond acceptors (Lipinski definition) is 13. The highest BCUT2D eigenvalue weighted by Crippen LogP contribution is 2.40. The van der Waals surface area contributed by atoms with Gasteiger partial charge in [-0.2, -0.15) is 0 Å². The molecule has 0 radical (unpaired) electrons. The molecule has 15 nitrogen and oxygen atoms in total. The molecule has 0 spiro atoms. The number of ether oxygens (including phenoxy) is 1. The third kappa shape index (κ3) is 9.89. The van der Waals surface area contributed by atoms with E-state index in [1.54, 1.807) is 33.6 Å². The molecule has 0 aliphatic carbocycles. The first kappa shape index (κ1) is 47.3. The van der Waals surface area contributed by atoms with Crippen molar-refractivity contribution in [2.45, 2.75) is 98.3 Å². The van der Waals surface area contributed by atoms with Crippen LogP contribution in [0.25, 0.3) is 15.4 Å². The first-order chi connectivity index (χ1) is 32.7. The maximum absolute atomic E-state index is 14.3. The van der Waals surface area contributed by atoms with Gasteiger partial charge in [0.05, 0.1) is 28.2 Å². The van der Waals surface area contributed by atoms with E-state index in [-0.39, 0.29) is 42.0 Å². The largest absolute Gasteiger partial charge is 0.474 e. The number of aliphatic imine (C=N–C) groups is 1. The van der Waals surface area contributed by atoms with E-state index in [0.717, 1.165) is 67.9 Å². The lowest BCUT2D eigenvalue weighted by Crippen LogP contribution is -2.47. The lowest BCUT2D eigenvalue weighted by atomic mass is 9.91. The number of rotatable bonds is 15. The van der Waals surface area contributed by atoms with Crippen LogP contribution in [0.2, 0.25) is 5.02 Å². The average Bonchev–Trinajstić information content (AvgIpc) is 4.19. The zero-order valence-corrected chi connectivity index (χ0v) is 41.8. The number of amides is 3. The Bertz CT molecular complexity index is 2830. The number of thiophene rings is 1. The maximum atomic E-state index is 14.3. The Morgan fingerprint density at radius 1 is 1.00 bits per heavy atom. The fourth-order valence-corrected chi connectivity index (χ4v) is 11.8. The third-order valence-electron chi connectivity index (χ3n) is 13.3. The second kappa shape index (κ2) is 20.1. The van der Waals surface area contributed by atoms with Crippen molar-refractivity contribution < 1.29 is 23.6 Å². The number of fused-ring (bicyclic) bond motifs is 3. The predicted molar refractivity (Wildman–Crippen MR) is 264 cm³/mol. The number of likely N-dealkylation sites (tertiary alicyclic amines) is 2. The number of nitrogens with one attached hydrogen (secondary N) is 2. The molecule has 6 aromatic rings. The number of benzene rings is 2. The minimum atomic E-state index is -0.639. The number of carbonyl (C=O) groups excluding carboxylic acids is 3. The van der Waals surface area contributed by atoms with Gasteiger partial charge in [-0.05, 0) is 86.4 Å². The van der Waals surface area contributed by atoms with Crippen LogP contribution in [0.3, 0.4) is 0 Å². The van der Waals surface area contributed by atoms with Gasteiger partial charge < -0.3 is 24.8 Å². The number of hydrogen-bond donors (Lipinski definition) is 2. The normalized spacial score (nSPS) is 19.7. The summed E-state index contributed by atoms with van der Waals surface area (Å²) in [4.78, 5) is 57.6. The number of aryl methyl sites for hydroxylation is 3. The molecule has 0 bridgehead atoms. The minimum Gasteiger partial charge on any atom is -0.474 e. The topological polar surface area (TPSA) is 173 Å². The highest BCUT2D eigenvalue weighted by molar-refractivity contribution is 7.15. The molecule has 18 heteroatoms. The van der Waals surface area contributed by atoms with Crippen molar-refractivity contribution in [3.63, 3.8) is 0 Å². The summed E-state index contributed by atoms with van der Waals surface area (Å²) < 4.78 is 13.9. The van der Waals surface area contributed by atoms with Crippen molar-refractivity contribution in [2.75, 3.05) is 32.8 Å². The lowest BCUT2D eigenvalue weighted by Gasteiger charge is -2.29. The summed E-state index contributed by atoms with van der Waals surface area (Å²) in [5.41, 5.74) is 8.81. The maximum Gasteiger partial charge on any atom is 0.254 e. The first-order valence-electron chi connectivity index (χ1n) is 23.3. The highest BCUT2D eigenvalue weighted by atomic mass is 35.5. The van der Waals surface area contributed by atoms with Crippen LogP contribution in [0.5, 0.6) is 5.88 Å². The molecular formula is C50H57ClN10O5S2. The molecule has 2 aromatic carbocycles. The van der Waals surface area contributed by atoms with Gasteiger partial charge in [-0.3, -0.25) is 28.8 Å². The van der Waals surface area contributed by atoms with E-state index >= 15 is 0 Å². The van der Waals surface area contributed by atoms with Gasteiger partial charge in [0.2, 0.25) is 17.7 Å². The smallest absolute Gasteiger partial charge is 0.254 e. The lowest BCUT2D eigenvalue weighted by molar-refractivity contribution is -0.140. The van der Waals surface area contributed by atoms with E-state index in [9.17, 15) is 14.4 Å². The summed E-state index contributed by atoms with van der Waals surface area (Å²) in [6, 6.07) is 16.3. The van der Waals surface area contributed by atoms with Crippen molar-refractivity contribution >= 4 is 57.7 Å². The molecule has 3 aliphatic heterocycles. The van der Waals surface area contributed by atoms with Crippen LogP contribution in [0.15, 0.2) is 69.6 Å². The van der Waals surface area contributed by atoms with Gasteiger partial charge in [-0.25, -0.2) is 4.98 Å². The van der Waals surface area contributed by atoms with Gasteiger partial charge in [0, 0.05) is 65.9 Å². The molecule has 4 aromatic heterocycles. The Morgan fingerprint density at radius 2 is 1.76 bits per heavy atom. The zero-order chi connectivity index (χ0) is 47.8. The number of carbonyl (C=O) groups is 3. The van der Waals surface area contributed by atoms with Crippen LogP contribution in [-0.4, -0.2) is 103 Å². The number of halogens is 1. The highest BCUT2D eigenvalue weighted by Gasteiger charge is 2.43.